The van der Waals surface area contributed by atoms with Gasteiger partial charge in [0.2, 0.25) is 0 Å². The van der Waals surface area contributed by atoms with Gasteiger partial charge in [-0.05, 0) is 55.2 Å². The Kier molecular flexibility index (Phi) is 4.35. The SMILES string of the molecule is Cc1ccc2c(c1)C1(CCCCC1)c1cc(Cl)ccc1N2CCc1nn[nH]n1. The van der Waals surface area contributed by atoms with E-state index in [2.05, 4.69) is 62.8 Å². The third-order valence-corrected chi connectivity index (χ3v) is 6.61. The molecule has 1 saturated carbocycles. The molecule has 0 radical (unpaired) electrons. The average Bonchev–Trinajstić information content (AvgIpc) is 3.23. The van der Waals surface area contributed by atoms with Crippen LogP contribution in [-0.4, -0.2) is 27.2 Å². The van der Waals surface area contributed by atoms with Gasteiger partial charge in [-0.2, -0.15) is 5.21 Å². The molecule has 1 aromatic heterocycles. The number of H-pyrrole nitrogens is 1. The Balaban J connectivity index is 1.67. The van der Waals surface area contributed by atoms with Gasteiger partial charge >= 0.3 is 0 Å². The molecule has 0 unspecified atom stereocenters. The molecule has 2 aromatic carbocycles. The van der Waals surface area contributed by atoms with Crippen LogP contribution < -0.4 is 4.90 Å². The Hall–Kier alpha value is -2.40. The summed E-state index contributed by atoms with van der Waals surface area (Å²) in [4.78, 5) is 2.41. The monoisotopic (exact) mass is 393 g/mol. The van der Waals surface area contributed by atoms with Crippen molar-refractivity contribution in [3.8, 4) is 0 Å². The Morgan fingerprint density at radius 2 is 1.79 bits per heavy atom. The van der Waals surface area contributed by atoms with Crippen molar-refractivity contribution in [1.29, 1.82) is 0 Å². The van der Waals surface area contributed by atoms with E-state index < -0.39 is 0 Å². The van der Waals surface area contributed by atoms with Gasteiger partial charge in [0, 0.05) is 34.8 Å². The molecule has 1 spiro atoms. The fourth-order valence-electron chi connectivity index (χ4n) is 5.11. The van der Waals surface area contributed by atoms with Gasteiger partial charge in [0.1, 0.15) is 0 Å². The molecule has 1 aliphatic heterocycles. The van der Waals surface area contributed by atoms with E-state index in [1.54, 1.807) is 0 Å². The normalized spacial score (nSPS) is 17.4. The maximum Gasteiger partial charge on any atom is 0.176 e. The molecule has 1 aliphatic carbocycles. The number of fused-ring (bicyclic) bond motifs is 4. The minimum atomic E-state index is 0.0719. The van der Waals surface area contributed by atoms with Gasteiger partial charge in [0.15, 0.2) is 5.82 Å². The van der Waals surface area contributed by atoms with Crippen LogP contribution in [0.4, 0.5) is 11.4 Å². The summed E-state index contributed by atoms with van der Waals surface area (Å²) in [6.45, 7) is 2.99. The molecule has 0 atom stereocenters. The fraction of sp³-hybridized carbons (Fsp3) is 0.409. The van der Waals surface area contributed by atoms with Crippen molar-refractivity contribution >= 4 is 23.0 Å². The van der Waals surface area contributed by atoms with Gasteiger partial charge in [-0.25, -0.2) is 0 Å². The molecular formula is C22H24ClN5. The molecule has 0 bridgehead atoms. The van der Waals surface area contributed by atoms with E-state index in [-0.39, 0.29) is 5.41 Å². The molecule has 0 saturated heterocycles. The average molecular weight is 394 g/mol. The number of hydrogen-bond acceptors (Lipinski definition) is 4. The van der Waals surface area contributed by atoms with Crippen molar-refractivity contribution < 1.29 is 0 Å². The van der Waals surface area contributed by atoms with Gasteiger partial charge < -0.3 is 4.90 Å². The maximum absolute atomic E-state index is 6.49. The molecule has 6 heteroatoms. The van der Waals surface area contributed by atoms with E-state index in [0.29, 0.717) is 0 Å². The second kappa shape index (κ2) is 6.89. The summed E-state index contributed by atoms with van der Waals surface area (Å²) < 4.78 is 0. The van der Waals surface area contributed by atoms with E-state index in [9.17, 15) is 0 Å². The second-order valence-electron chi connectivity index (χ2n) is 8.05. The van der Waals surface area contributed by atoms with E-state index in [4.69, 9.17) is 11.6 Å². The number of aryl methyl sites for hydroxylation is 1. The zero-order valence-electron chi connectivity index (χ0n) is 16.1. The Labute approximate surface area is 170 Å². The van der Waals surface area contributed by atoms with Gasteiger partial charge in [-0.3, -0.25) is 0 Å². The van der Waals surface area contributed by atoms with Crippen molar-refractivity contribution in [2.24, 2.45) is 0 Å². The first kappa shape index (κ1) is 17.7. The summed E-state index contributed by atoms with van der Waals surface area (Å²) in [7, 11) is 0. The van der Waals surface area contributed by atoms with Gasteiger partial charge in [-0.15, -0.1) is 10.2 Å². The molecule has 5 rings (SSSR count). The quantitative estimate of drug-likeness (QED) is 0.672. The lowest BCUT2D eigenvalue weighted by atomic mass is 9.62. The first-order valence-corrected chi connectivity index (χ1v) is 10.5. The molecule has 2 heterocycles. The molecule has 0 amide bonds. The number of anilines is 2. The number of tetrazole rings is 1. The van der Waals surface area contributed by atoms with Crippen LogP contribution in [0.3, 0.4) is 0 Å². The van der Waals surface area contributed by atoms with E-state index >= 15 is 0 Å². The highest BCUT2D eigenvalue weighted by Gasteiger charge is 2.43. The van der Waals surface area contributed by atoms with Crippen molar-refractivity contribution in [2.75, 3.05) is 11.4 Å². The summed E-state index contributed by atoms with van der Waals surface area (Å²) in [5, 5.41) is 15.3. The third kappa shape index (κ3) is 2.80. The lowest BCUT2D eigenvalue weighted by Crippen LogP contribution is -2.39. The van der Waals surface area contributed by atoms with Crippen LogP contribution in [0.2, 0.25) is 5.02 Å². The summed E-state index contributed by atoms with van der Waals surface area (Å²) in [5.74, 6) is 0.738. The number of nitrogens with one attached hydrogen (secondary N) is 1. The smallest absolute Gasteiger partial charge is 0.176 e. The van der Waals surface area contributed by atoms with E-state index in [1.807, 2.05) is 6.07 Å². The van der Waals surface area contributed by atoms with Crippen LogP contribution in [0, 0.1) is 6.92 Å². The summed E-state index contributed by atoms with van der Waals surface area (Å²) in [5.41, 5.74) is 6.80. The van der Waals surface area contributed by atoms with Crippen LogP contribution in [-0.2, 0) is 11.8 Å². The molecule has 2 aliphatic rings. The first-order valence-electron chi connectivity index (χ1n) is 10.1. The summed E-state index contributed by atoms with van der Waals surface area (Å²) in [6.07, 6.45) is 6.97. The highest BCUT2D eigenvalue weighted by molar-refractivity contribution is 6.30. The first-order chi connectivity index (χ1) is 13.7. The van der Waals surface area contributed by atoms with Crippen LogP contribution in [0.1, 0.15) is 54.6 Å². The minimum absolute atomic E-state index is 0.0719. The molecular weight excluding hydrogens is 370 g/mol. The topological polar surface area (TPSA) is 57.7 Å². The molecule has 1 N–H and O–H groups in total. The number of hydrogen-bond donors (Lipinski definition) is 1. The van der Waals surface area contributed by atoms with Gasteiger partial charge in [-0.1, -0.05) is 53.8 Å². The fourth-order valence-corrected chi connectivity index (χ4v) is 5.28. The molecule has 1 fully saturated rings. The lowest BCUT2D eigenvalue weighted by molar-refractivity contribution is 0.343. The van der Waals surface area contributed by atoms with E-state index in [0.717, 1.165) is 23.8 Å². The van der Waals surface area contributed by atoms with Crippen LogP contribution >= 0.6 is 11.6 Å². The largest absolute Gasteiger partial charge is 0.341 e. The number of benzene rings is 2. The van der Waals surface area contributed by atoms with Crippen LogP contribution in [0.15, 0.2) is 36.4 Å². The molecule has 5 nitrogen and oxygen atoms in total. The number of aromatic nitrogens is 4. The lowest BCUT2D eigenvalue weighted by Gasteiger charge is -2.48. The maximum atomic E-state index is 6.49. The molecule has 144 valence electrons. The van der Waals surface area contributed by atoms with Crippen LogP contribution in [0.25, 0.3) is 0 Å². The van der Waals surface area contributed by atoms with Crippen molar-refractivity contribution in [2.45, 2.75) is 50.9 Å². The third-order valence-electron chi connectivity index (χ3n) is 6.38. The van der Waals surface area contributed by atoms with E-state index in [1.165, 1.54) is 60.2 Å². The highest BCUT2D eigenvalue weighted by Crippen LogP contribution is 2.56. The Morgan fingerprint density at radius 1 is 1.04 bits per heavy atom. The predicted molar refractivity (Wildman–Crippen MR) is 111 cm³/mol. The summed E-state index contributed by atoms with van der Waals surface area (Å²) >= 11 is 6.49. The number of rotatable bonds is 3. The zero-order chi connectivity index (χ0) is 19.1. The molecule has 3 aromatic rings. The number of aromatic amines is 1. The van der Waals surface area contributed by atoms with Gasteiger partial charge in [0.25, 0.3) is 0 Å². The van der Waals surface area contributed by atoms with Crippen molar-refractivity contribution in [1.82, 2.24) is 20.6 Å². The Bertz CT molecular complexity index is 937. The predicted octanol–water partition coefficient (Wildman–Crippen LogP) is 5.11. The zero-order valence-corrected chi connectivity index (χ0v) is 16.8. The standard InChI is InChI=1S/C22H24ClN5/c1-15-5-7-19-17(13-15)22(10-3-2-4-11-22)18-14-16(23)6-8-20(18)28(19)12-9-21-24-26-27-25-21/h5-8,13-14H,2-4,9-12H2,1H3,(H,24,25,26,27). The molecule has 28 heavy (non-hydrogen) atoms. The minimum Gasteiger partial charge on any atom is -0.341 e. The highest BCUT2D eigenvalue weighted by atomic mass is 35.5. The van der Waals surface area contributed by atoms with Crippen LogP contribution in [0.5, 0.6) is 0 Å². The van der Waals surface area contributed by atoms with Crippen molar-refractivity contribution in [3.05, 3.63) is 63.9 Å². The van der Waals surface area contributed by atoms with Gasteiger partial charge in [0.05, 0.1) is 0 Å². The second-order valence-corrected chi connectivity index (χ2v) is 8.49. The summed E-state index contributed by atoms with van der Waals surface area (Å²) in [6, 6.07) is 13.3. The number of nitrogens with zero attached hydrogens (tertiary/aromatic N) is 4. The number of halogens is 1. The Morgan fingerprint density at radius 3 is 2.54 bits per heavy atom. The van der Waals surface area contributed by atoms with Crippen molar-refractivity contribution in [3.63, 3.8) is 0 Å².